The molecule has 6 atom stereocenters. The zero-order valence-corrected chi connectivity index (χ0v) is 18.1. The molecule has 168 valence electrons. The second-order valence-electron chi connectivity index (χ2n) is 9.79. The summed E-state index contributed by atoms with van der Waals surface area (Å²) < 4.78 is 15.0. The molecule has 0 aromatic heterocycles. The highest BCUT2D eigenvalue weighted by molar-refractivity contribution is 5.97. The molecule has 2 aromatic rings. The molecular weight excluding hydrogens is 419 g/mol. The van der Waals surface area contributed by atoms with E-state index in [1.807, 2.05) is 18.2 Å². The molecule has 0 radical (unpaired) electrons. The molecule has 2 aliphatic heterocycles. The molecule has 0 unspecified atom stereocenters. The summed E-state index contributed by atoms with van der Waals surface area (Å²) in [6, 6.07) is 12.1. The zero-order valence-electron chi connectivity index (χ0n) is 18.1. The first-order chi connectivity index (χ1) is 16.0. The van der Waals surface area contributed by atoms with E-state index >= 15 is 0 Å². The van der Waals surface area contributed by atoms with Gasteiger partial charge < -0.3 is 16.0 Å². The number of nitriles is 1. The van der Waals surface area contributed by atoms with Crippen LogP contribution in [-0.4, -0.2) is 36.5 Å². The van der Waals surface area contributed by atoms with Crippen molar-refractivity contribution in [1.29, 1.82) is 5.26 Å². The molecule has 33 heavy (non-hydrogen) atoms. The van der Waals surface area contributed by atoms with E-state index in [4.69, 9.17) is 0 Å². The second kappa shape index (κ2) is 7.67. The van der Waals surface area contributed by atoms with Gasteiger partial charge in [0.1, 0.15) is 11.9 Å². The number of amides is 2. The van der Waals surface area contributed by atoms with Gasteiger partial charge in [0.25, 0.3) is 5.91 Å². The number of fused-ring (bicyclic) bond motifs is 6. The Bertz CT molecular complexity index is 1210. The van der Waals surface area contributed by atoms with Crippen LogP contribution in [0, 0.1) is 34.9 Å². The van der Waals surface area contributed by atoms with Crippen molar-refractivity contribution in [1.82, 2.24) is 16.0 Å². The molecule has 0 spiro atoms. The summed E-state index contributed by atoms with van der Waals surface area (Å²) in [5.74, 6) is 1.15. The van der Waals surface area contributed by atoms with E-state index in [9.17, 15) is 19.2 Å². The molecule has 2 bridgehead atoms. The quantitative estimate of drug-likeness (QED) is 0.660. The topological polar surface area (TPSA) is 94.0 Å². The summed E-state index contributed by atoms with van der Waals surface area (Å²) in [6.45, 7) is 0.600. The summed E-state index contributed by atoms with van der Waals surface area (Å²) in [5.41, 5.74) is 3.58. The van der Waals surface area contributed by atoms with Crippen molar-refractivity contribution < 1.29 is 14.0 Å². The third-order valence-corrected chi connectivity index (χ3v) is 7.90. The normalized spacial score (nSPS) is 29.5. The van der Waals surface area contributed by atoms with Crippen LogP contribution < -0.4 is 16.0 Å². The number of halogens is 1. The van der Waals surface area contributed by atoms with Gasteiger partial charge in [0.15, 0.2) is 0 Å². The standard InChI is InChI=1S/C26H25FN4O2/c27-22-9-14(13-3-4-18-15(7-13)5-6-29-25(18)32)1-2-16(22)8-17(12-28)30-26(33)24-21-11-23(31-24)20-10-19(20)21/h1-4,7,9,17,19-21,23-24,31H,5-6,8,10-11H2,(H,29,32)(H,30,33)/t17-,19+,20-,21+,23-,24-/m0/s1. The van der Waals surface area contributed by atoms with Gasteiger partial charge >= 0.3 is 0 Å². The van der Waals surface area contributed by atoms with Crippen molar-refractivity contribution in [2.45, 2.75) is 43.8 Å². The van der Waals surface area contributed by atoms with E-state index in [1.165, 1.54) is 12.5 Å². The zero-order chi connectivity index (χ0) is 22.7. The SMILES string of the molecule is N#C[C@H](Cc1ccc(-c2ccc3c(c2)CCNC3=O)cc1F)NC(=O)[C@H]1N[C@H]2C[C@@H]1[C@@H]1C[C@@H]12. The lowest BCUT2D eigenvalue weighted by Crippen LogP contribution is -2.51. The summed E-state index contributed by atoms with van der Waals surface area (Å²) in [7, 11) is 0. The van der Waals surface area contributed by atoms with Crippen molar-refractivity contribution in [3.05, 3.63) is 58.9 Å². The maximum atomic E-state index is 15.0. The average Bonchev–Trinajstić information content (AvgIpc) is 3.42. The van der Waals surface area contributed by atoms with Crippen LogP contribution in [0.3, 0.4) is 0 Å². The number of hydrogen-bond donors (Lipinski definition) is 3. The van der Waals surface area contributed by atoms with Crippen molar-refractivity contribution in [3.8, 4) is 17.2 Å². The van der Waals surface area contributed by atoms with Gasteiger partial charge in [-0.15, -0.1) is 0 Å². The minimum Gasteiger partial charge on any atom is -0.352 e. The Labute approximate surface area is 191 Å². The molecular formula is C26H25FN4O2. The maximum absolute atomic E-state index is 15.0. The molecule has 2 saturated carbocycles. The molecule has 6 nitrogen and oxygen atoms in total. The third kappa shape index (κ3) is 3.50. The molecule has 3 fully saturated rings. The highest BCUT2D eigenvalue weighted by atomic mass is 19.1. The van der Waals surface area contributed by atoms with E-state index in [0.29, 0.717) is 41.1 Å². The van der Waals surface area contributed by atoms with E-state index in [0.717, 1.165) is 29.9 Å². The Hall–Kier alpha value is -3.24. The predicted octanol–water partition coefficient (Wildman–Crippen LogP) is 2.33. The molecule has 2 amide bonds. The number of carbonyl (C=O) groups is 2. The largest absolute Gasteiger partial charge is 0.352 e. The number of hydrogen-bond acceptors (Lipinski definition) is 4. The first kappa shape index (κ1) is 20.4. The van der Waals surface area contributed by atoms with Crippen LogP contribution in [-0.2, 0) is 17.6 Å². The number of carbonyl (C=O) groups excluding carboxylic acids is 2. The van der Waals surface area contributed by atoms with Gasteiger partial charge in [-0.25, -0.2) is 4.39 Å². The number of rotatable bonds is 5. The fourth-order valence-electron chi connectivity index (χ4n) is 6.14. The van der Waals surface area contributed by atoms with Crippen LogP contribution in [0.4, 0.5) is 4.39 Å². The number of nitrogens with zero attached hydrogens (tertiary/aromatic N) is 1. The van der Waals surface area contributed by atoms with Gasteiger partial charge in [-0.2, -0.15) is 5.26 Å². The average molecular weight is 445 g/mol. The fourth-order valence-corrected chi connectivity index (χ4v) is 6.14. The van der Waals surface area contributed by atoms with E-state index in [-0.39, 0.29) is 24.3 Å². The molecule has 2 aromatic carbocycles. The highest BCUT2D eigenvalue weighted by Crippen LogP contribution is 2.59. The Kier molecular flexibility index (Phi) is 4.73. The van der Waals surface area contributed by atoms with Crippen LogP contribution in [0.2, 0.25) is 0 Å². The molecule has 2 heterocycles. The van der Waals surface area contributed by atoms with Crippen LogP contribution in [0.15, 0.2) is 36.4 Å². The van der Waals surface area contributed by atoms with Crippen molar-refractivity contribution >= 4 is 11.8 Å². The Morgan fingerprint density at radius 1 is 1.15 bits per heavy atom. The first-order valence-corrected chi connectivity index (χ1v) is 11.7. The van der Waals surface area contributed by atoms with E-state index in [1.54, 1.807) is 12.1 Å². The predicted molar refractivity (Wildman–Crippen MR) is 120 cm³/mol. The first-order valence-electron chi connectivity index (χ1n) is 11.7. The van der Waals surface area contributed by atoms with Crippen LogP contribution >= 0.6 is 0 Å². The van der Waals surface area contributed by atoms with E-state index < -0.39 is 11.9 Å². The van der Waals surface area contributed by atoms with Crippen LogP contribution in [0.1, 0.15) is 34.3 Å². The van der Waals surface area contributed by atoms with Crippen LogP contribution in [0.25, 0.3) is 11.1 Å². The molecule has 6 rings (SSSR count). The molecule has 2 aliphatic carbocycles. The third-order valence-electron chi connectivity index (χ3n) is 7.90. The van der Waals surface area contributed by atoms with Gasteiger partial charge in [-0.1, -0.05) is 24.3 Å². The second-order valence-corrected chi connectivity index (χ2v) is 9.79. The lowest BCUT2D eigenvalue weighted by molar-refractivity contribution is -0.124. The van der Waals surface area contributed by atoms with Crippen molar-refractivity contribution in [2.75, 3.05) is 6.54 Å². The number of piperidine rings is 1. The summed E-state index contributed by atoms with van der Waals surface area (Å²) in [5, 5.41) is 18.7. The Morgan fingerprint density at radius 3 is 2.73 bits per heavy atom. The van der Waals surface area contributed by atoms with Gasteiger partial charge in [-0.05, 0) is 71.4 Å². The van der Waals surface area contributed by atoms with Gasteiger partial charge in [-0.3, -0.25) is 9.59 Å². The van der Waals surface area contributed by atoms with E-state index in [2.05, 4.69) is 22.0 Å². The smallest absolute Gasteiger partial charge is 0.251 e. The van der Waals surface area contributed by atoms with Gasteiger partial charge in [0.05, 0.1) is 12.1 Å². The fraction of sp³-hybridized carbons (Fsp3) is 0.423. The molecule has 4 aliphatic rings. The van der Waals surface area contributed by atoms with Crippen LogP contribution in [0.5, 0.6) is 0 Å². The lowest BCUT2D eigenvalue weighted by Gasteiger charge is -2.23. The molecule has 7 heteroatoms. The minimum absolute atomic E-state index is 0.0773. The molecule has 1 saturated heterocycles. The summed E-state index contributed by atoms with van der Waals surface area (Å²) >= 11 is 0. The summed E-state index contributed by atoms with van der Waals surface area (Å²) in [6.07, 6.45) is 3.13. The van der Waals surface area contributed by atoms with Gasteiger partial charge in [0.2, 0.25) is 5.91 Å². The Balaban J connectivity index is 1.15. The van der Waals surface area contributed by atoms with Gasteiger partial charge in [0, 0.05) is 24.6 Å². The maximum Gasteiger partial charge on any atom is 0.251 e. The summed E-state index contributed by atoms with van der Waals surface area (Å²) in [4.78, 5) is 24.7. The lowest BCUT2D eigenvalue weighted by atomic mass is 9.94. The minimum atomic E-state index is -0.781. The number of nitrogens with one attached hydrogen (secondary N) is 3. The highest BCUT2D eigenvalue weighted by Gasteiger charge is 2.62. The molecule has 3 N–H and O–H groups in total. The van der Waals surface area contributed by atoms with Crippen molar-refractivity contribution in [3.63, 3.8) is 0 Å². The Morgan fingerprint density at radius 2 is 1.97 bits per heavy atom. The monoisotopic (exact) mass is 444 g/mol. The van der Waals surface area contributed by atoms with Crippen molar-refractivity contribution in [2.24, 2.45) is 17.8 Å². The number of benzene rings is 2.